The molecule has 2 aromatic rings. The lowest BCUT2D eigenvalue weighted by Gasteiger charge is -2.35. The second kappa shape index (κ2) is 11.8. The normalized spacial score (nSPS) is 21.7. The first-order chi connectivity index (χ1) is 19.3. The lowest BCUT2D eigenvalue weighted by Crippen LogP contribution is -2.55. The summed E-state index contributed by atoms with van der Waals surface area (Å²) in [5.74, 6) is 2.72. The number of hydrogen-bond donors (Lipinski definition) is 2. The van der Waals surface area contributed by atoms with Gasteiger partial charge in [-0.2, -0.15) is 10.5 Å². The van der Waals surface area contributed by atoms with Gasteiger partial charge in [0, 0.05) is 6.04 Å². The summed E-state index contributed by atoms with van der Waals surface area (Å²) in [6.45, 7) is 5.33. The largest absolute Gasteiger partial charge is 0.444 e. The minimum Gasteiger partial charge on any atom is -0.444 e. The summed E-state index contributed by atoms with van der Waals surface area (Å²) in [5.41, 5.74) is 0.998. The molecule has 1 aliphatic carbocycles. The first-order valence-electron chi connectivity index (χ1n) is 13.5. The van der Waals surface area contributed by atoms with Crippen molar-refractivity contribution >= 4 is 27.6 Å². The fourth-order valence-corrected chi connectivity index (χ4v) is 6.40. The number of fused-ring (bicyclic) bond motifs is 2. The Labute approximate surface area is 240 Å². The highest BCUT2D eigenvalue weighted by Gasteiger charge is 2.52. The van der Waals surface area contributed by atoms with Crippen molar-refractivity contribution in [2.45, 2.75) is 81.5 Å². The fraction of sp³-hybridized carbons (Fsp3) is 0.433. The third kappa shape index (κ3) is 6.80. The molecule has 1 heterocycles. The van der Waals surface area contributed by atoms with Crippen molar-refractivity contribution in [3.8, 4) is 23.4 Å². The molecule has 2 amide bonds. The van der Waals surface area contributed by atoms with Crippen LogP contribution in [0.2, 0.25) is 0 Å². The number of nitrogens with zero attached hydrogens (tertiary/aromatic N) is 3. The number of amides is 2. The van der Waals surface area contributed by atoms with Crippen LogP contribution >= 0.6 is 0 Å². The number of halogens is 1. The number of likely N-dealkylation sites (tertiary alicyclic amines) is 1. The molecule has 0 aromatic heterocycles. The summed E-state index contributed by atoms with van der Waals surface area (Å²) >= 11 is 0. The summed E-state index contributed by atoms with van der Waals surface area (Å²) in [7, 11) is -2.94. The van der Waals surface area contributed by atoms with E-state index in [-0.39, 0.29) is 30.7 Å². The Balaban J connectivity index is 1.39. The Morgan fingerprint density at radius 3 is 2.46 bits per heavy atom. The second-order valence-electron chi connectivity index (χ2n) is 11.5. The van der Waals surface area contributed by atoms with E-state index in [0.29, 0.717) is 21.6 Å². The smallest absolute Gasteiger partial charge is 0.411 e. The van der Waals surface area contributed by atoms with Crippen LogP contribution in [0.4, 0.5) is 9.18 Å². The maximum absolute atomic E-state index is 15.0. The van der Waals surface area contributed by atoms with E-state index < -0.39 is 39.3 Å². The second-order valence-corrected chi connectivity index (χ2v) is 13.5. The molecule has 4 rings (SSSR count). The van der Waals surface area contributed by atoms with Crippen LogP contribution in [-0.2, 0) is 25.7 Å². The van der Waals surface area contributed by atoms with Crippen LogP contribution < -0.4 is 10.0 Å². The highest BCUT2D eigenvalue weighted by Crippen LogP contribution is 2.43. The van der Waals surface area contributed by atoms with Crippen LogP contribution in [0.25, 0.3) is 11.1 Å². The van der Waals surface area contributed by atoms with Crippen molar-refractivity contribution in [2.24, 2.45) is 5.92 Å². The fourth-order valence-electron chi connectivity index (χ4n) is 5.56. The van der Waals surface area contributed by atoms with Crippen LogP contribution in [0.15, 0.2) is 47.4 Å². The van der Waals surface area contributed by atoms with Gasteiger partial charge in [0.2, 0.25) is 5.91 Å². The van der Waals surface area contributed by atoms with Crippen LogP contribution in [0.1, 0.15) is 52.0 Å². The lowest BCUT2D eigenvalue weighted by molar-refractivity contribution is -0.128. The quantitative estimate of drug-likeness (QED) is 0.272. The van der Waals surface area contributed by atoms with E-state index in [9.17, 15) is 19.1 Å². The van der Waals surface area contributed by atoms with Gasteiger partial charge in [-0.1, -0.05) is 24.3 Å². The summed E-state index contributed by atoms with van der Waals surface area (Å²) in [5, 5.41) is 21.2. The van der Waals surface area contributed by atoms with E-state index >= 15 is 4.39 Å². The SMILES string of the molecule is C=S(=O)(NC#N)c1ccc(-c2ccc(CCC(C#N)NC(=O)C3C4CCC(C4)N3C(=O)OC(C)(C)C)c(F)c2)cc1. The summed E-state index contributed by atoms with van der Waals surface area (Å²) < 4.78 is 35.1. The highest BCUT2D eigenvalue weighted by atomic mass is 32.2. The zero-order valence-electron chi connectivity index (χ0n) is 23.4. The van der Waals surface area contributed by atoms with Crippen molar-refractivity contribution in [3.63, 3.8) is 0 Å². The molecule has 5 unspecified atom stereocenters. The zero-order valence-corrected chi connectivity index (χ0v) is 24.2. The number of nitrogens with one attached hydrogen (secondary N) is 2. The Hall–Kier alpha value is -4.09. The van der Waals surface area contributed by atoms with Crippen molar-refractivity contribution in [2.75, 3.05) is 0 Å². The predicted molar refractivity (Wildman–Crippen MR) is 153 cm³/mol. The molecule has 0 radical (unpaired) electrons. The third-order valence-electron chi connectivity index (χ3n) is 7.46. The van der Waals surface area contributed by atoms with Gasteiger partial charge in [0.15, 0.2) is 6.19 Å². The highest BCUT2D eigenvalue weighted by molar-refractivity contribution is 7.98. The number of aryl methyl sites for hydroxylation is 1. The first-order valence-corrected chi connectivity index (χ1v) is 15.2. The van der Waals surface area contributed by atoms with Gasteiger partial charge in [0.25, 0.3) is 0 Å². The van der Waals surface area contributed by atoms with Crippen molar-refractivity contribution in [1.82, 2.24) is 14.9 Å². The van der Waals surface area contributed by atoms with E-state index in [1.54, 1.807) is 63.4 Å². The average molecular weight is 580 g/mol. The number of rotatable bonds is 8. The molecule has 2 N–H and O–H groups in total. The molecule has 5 atom stereocenters. The van der Waals surface area contributed by atoms with Gasteiger partial charge in [-0.3, -0.25) is 9.69 Å². The van der Waals surface area contributed by atoms with Crippen molar-refractivity contribution in [1.29, 1.82) is 10.5 Å². The van der Waals surface area contributed by atoms with Gasteiger partial charge < -0.3 is 10.1 Å². The average Bonchev–Trinajstić information content (AvgIpc) is 3.53. The first kappa shape index (κ1) is 29.9. The number of nitriles is 2. The lowest BCUT2D eigenvalue weighted by atomic mass is 9.97. The molecule has 9 nitrogen and oxygen atoms in total. The van der Waals surface area contributed by atoms with E-state index in [4.69, 9.17) is 10.00 Å². The monoisotopic (exact) mass is 579 g/mol. The zero-order chi connectivity index (χ0) is 29.9. The van der Waals surface area contributed by atoms with Gasteiger partial charge in [-0.15, -0.1) is 0 Å². The minimum absolute atomic E-state index is 0.0218. The van der Waals surface area contributed by atoms with Gasteiger partial charge in [-0.05, 0) is 99.6 Å². The molecule has 216 valence electrons. The van der Waals surface area contributed by atoms with E-state index in [2.05, 4.69) is 22.0 Å². The summed E-state index contributed by atoms with van der Waals surface area (Å²) in [6, 6.07) is 11.8. The molecule has 1 aliphatic heterocycles. The minimum atomic E-state index is -2.94. The number of benzene rings is 2. The summed E-state index contributed by atoms with van der Waals surface area (Å²) in [4.78, 5) is 28.0. The molecule has 2 aromatic carbocycles. The molecule has 1 saturated carbocycles. The van der Waals surface area contributed by atoms with Gasteiger partial charge in [0.1, 0.15) is 23.5 Å². The number of ether oxygens (including phenoxy) is 1. The van der Waals surface area contributed by atoms with Crippen LogP contribution in [0.3, 0.4) is 0 Å². The van der Waals surface area contributed by atoms with E-state index in [0.717, 1.165) is 19.3 Å². The number of piperidine rings is 1. The Bertz CT molecular complexity index is 1510. The molecule has 2 aliphatic rings. The Kier molecular flexibility index (Phi) is 8.60. The van der Waals surface area contributed by atoms with Crippen LogP contribution in [0.5, 0.6) is 0 Å². The third-order valence-corrected chi connectivity index (χ3v) is 8.92. The molecule has 2 fully saturated rings. The molecule has 1 saturated heterocycles. The Morgan fingerprint density at radius 2 is 1.85 bits per heavy atom. The van der Waals surface area contributed by atoms with E-state index in [1.165, 1.54) is 11.0 Å². The van der Waals surface area contributed by atoms with Crippen LogP contribution in [0, 0.1) is 34.5 Å². The molecule has 2 bridgehead atoms. The van der Waals surface area contributed by atoms with Crippen molar-refractivity contribution < 1.29 is 22.9 Å². The van der Waals surface area contributed by atoms with Gasteiger partial charge >= 0.3 is 6.09 Å². The molecular formula is C30H34FN5O4S. The Morgan fingerprint density at radius 1 is 1.17 bits per heavy atom. The number of carbonyl (C=O) groups excluding carboxylic acids is 2. The molecule has 41 heavy (non-hydrogen) atoms. The standard InChI is InChI=1S/C30H34FN5O4S/c1-30(2,3)40-29(38)36-24-12-8-22(15-24)27(36)28(37)35-23(17-32)11-7-20-5-6-21(16-26(20)31)19-9-13-25(14-10-19)41(4,39)34-18-33/h5-6,9-10,13-14,16,22-24,27H,4,7-8,11-12,15H2,1-3H3,(H,34,39)(H,35,37). The van der Waals surface area contributed by atoms with E-state index in [1.807, 2.05) is 0 Å². The molecular weight excluding hydrogens is 545 g/mol. The topological polar surface area (TPSA) is 135 Å². The number of hydrogen-bond acceptors (Lipinski definition) is 6. The summed E-state index contributed by atoms with van der Waals surface area (Å²) in [6.07, 6.45) is 3.93. The van der Waals surface area contributed by atoms with Crippen molar-refractivity contribution in [3.05, 3.63) is 53.8 Å². The maximum Gasteiger partial charge on any atom is 0.411 e. The maximum atomic E-state index is 15.0. The predicted octanol–water partition coefficient (Wildman–Crippen LogP) is 4.28. The molecule has 11 heteroatoms. The molecule has 0 spiro atoms. The number of carbonyl (C=O) groups is 2. The van der Waals surface area contributed by atoms with Gasteiger partial charge in [0.05, 0.1) is 20.7 Å². The van der Waals surface area contributed by atoms with Crippen LogP contribution in [-0.4, -0.2) is 50.7 Å². The van der Waals surface area contributed by atoms with Gasteiger partial charge in [-0.25, -0.2) is 18.1 Å².